The number of urea groups is 1. The number of Topliss-reactive ketones (excluding diaryl/α,β-unsaturated/α-hetero) is 1. The molecule has 6 nitrogen and oxygen atoms in total. The Balaban J connectivity index is 1.62. The highest BCUT2D eigenvalue weighted by atomic mass is 19.2. The van der Waals surface area contributed by atoms with Crippen molar-refractivity contribution in [2.45, 2.75) is 26.3 Å². The summed E-state index contributed by atoms with van der Waals surface area (Å²) >= 11 is 0. The van der Waals surface area contributed by atoms with Crippen molar-refractivity contribution in [1.82, 2.24) is 14.8 Å². The average molecular weight is 455 g/mol. The molecule has 0 saturated carbocycles. The van der Waals surface area contributed by atoms with Gasteiger partial charge in [-0.15, -0.1) is 0 Å². The first-order chi connectivity index (χ1) is 15.5. The molecular formula is C24H20F3N3O3. The SMILES string of the molecule is Cc1cc(C(=O)CN2C(=O)NC(C)(c3ccc(F)c(F)c3)C2=O)c(C)n1-c1cccc(F)c1. The van der Waals surface area contributed by atoms with Gasteiger partial charge in [0.2, 0.25) is 0 Å². The van der Waals surface area contributed by atoms with Crippen molar-refractivity contribution in [3.63, 3.8) is 0 Å². The number of nitrogens with one attached hydrogen (secondary N) is 1. The smallest absolute Gasteiger partial charge is 0.319 e. The topological polar surface area (TPSA) is 71.4 Å². The Labute approximate surface area is 187 Å². The van der Waals surface area contributed by atoms with E-state index in [9.17, 15) is 27.6 Å². The summed E-state index contributed by atoms with van der Waals surface area (Å²) in [5, 5.41) is 2.46. The van der Waals surface area contributed by atoms with E-state index in [0.29, 0.717) is 17.1 Å². The molecule has 1 N–H and O–H groups in total. The molecule has 1 unspecified atom stereocenters. The maximum Gasteiger partial charge on any atom is 0.325 e. The molecule has 1 aliphatic rings. The number of amides is 3. The highest BCUT2D eigenvalue weighted by Gasteiger charge is 2.49. The molecule has 2 heterocycles. The Kier molecular flexibility index (Phi) is 5.35. The minimum Gasteiger partial charge on any atom is -0.319 e. The van der Waals surface area contributed by atoms with Crippen molar-refractivity contribution in [3.05, 3.63) is 88.5 Å². The molecule has 1 atom stereocenters. The summed E-state index contributed by atoms with van der Waals surface area (Å²) in [6, 6.07) is 9.59. The number of aromatic nitrogens is 1. The van der Waals surface area contributed by atoms with Crippen molar-refractivity contribution >= 4 is 17.7 Å². The van der Waals surface area contributed by atoms with Crippen LogP contribution < -0.4 is 5.32 Å². The summed E-state index contributed by atoms with van der Waals surface area (Å²) in [4.78, 5) is 39.4. The Morgan fingerprint density at radius 2 is 1.73 bits per heavy atom. The van der Waals surface area contributed by atoms with Crippen LogP contribution in [0, 0.1) is 31.3 Å². The fourth-order valence-corrected chi connectivity index (χ4v) is 4.13. The van der Waals surface area contributed by atoms with Crippen LogP contribution >= 0.6 is 0 Å². The van der Waals surface area contributed by atoms with E-state index < -0.39 is 47.3 Å². The molecule has 0 bridgehead atoms. The number of nitrogens with zero attached hydrogens (tertiary/aromatic N) is 2. The molecule has 0 aliphatic carbocycles. The van der Waals surface area contributed by atoms with E-state index in [1.54, 1.807) is 36.6 Å². The van der Waals surface area contributed by atoms with Crippen LogP contribution in [0.25, 0.3) is 5.69 Å². The van der Waals surface area contributed by atoms with Gasteiger partial charge in [-0.05, 0) is 62.7 Å². The number of carbonyl (C=O) groups is 3. The van der Waals surface area contributed by atoms with E-state index in [0.717, 1.165) is 17.0 Å². The third-order valence-electron chi connectivity index (χ3n) is 5.87. The Morgan fingerprint density at radius 1 is 1.00 bits per heavy atom. The lowest BCUT2D eigenvalue weighted by Gasteiger charge is -2.22. The zero-order valence-electron chi connectivity index (χ0n) is 18.1. The summed E-state index contributed by atoms with van der Waals surface area (Å²) in [5.41, 5.74) is 0.413. The van der Waals surface area contributed by atoms with Crippen LogP contribution in [0.2, 0.25) is 0 Å². The van der Waals surface area contributed by atoms with Gasteiger partial charge in [0.25, 0.3) is 5.91 Å². The van der Waals surface area contributed by atoms with Crippen molar-refractivity contribution in [1.29, 1.82) is 0 Å². The van der Waals surface area contributed by atoms with Gasteiger partial charge in [0.15, 0.2) is 17.4 Å². The van der Waals surface area contributed by atoms with Gasteiger partial charge in [-0.1, -0.05) is 12.1 Å². The molecule has 4 rings (SSSR count). The number of aryl methyl sites for hydroxylation is 1. The van der Waals surface area contributed by atoms with E-state index in [1.165, 1.54) is 25.1 Å². The van der Waals surface area contributed by atoms with Gasteiger partial charge in [0.1, 0.15) is 11.4 Å². The number of hydrogen-bond acceptors (Lipinski definition) is 3. The Bertz CT molecular complexity index is 1320. The highest BCUT2D eigenvalue weighted by molar-refractivity contribution is 6.11. The first-order valence-electron chi connectivity index (χ1n) is 10.1. The maximum atomic E-state index is 13.7. The van der Waals surface area contributed by atoms with E-state index in [4.69, 9.17) is 0 Å². The largest absolute Gasteiger partial charge is 0.325 e. The van der Waals surface area contributed by atoms with E-state index in [-0.39, 0.29) is 11.1 Å². The van der Waals surface area contributed by atoms with E-state index in [2.05, 4.69) is 5.32 Å². The summed E-state index contributed by atoms with van der Waals surface area (Å²) in [7, 11) is 0. The zero-order valence-corrected chi connectivity index (χ0v) is 18.1. The van der Waals surface area contributed by atoms with Crippen LogP contribution in [-0.2, 0) is 10.3 Å². The molecule has 0 spiro atoms. The predicted octanol–water partition coefficient (Wildman–Crippen LogP) is 4.16. The third kappa shape index (κ3) is 3.69. The fourth-order valence-electron chi connectivity index (χ4n) is 4.13. The van der Waals surface area contributed by atoms with Crippen LogP contribution in [0.15, 0.2) is 48.5 Å². The molecule has 2 aromatic carbocycles. The Hall–Kier alpha value is -3.88. The molecule has 0 radical (unpaired) electrons. The maximum absolute atomic E-state index is 13.7. The van der Waals surface area contributed by atoms with E-state index >= 15 is 0 Å². The van der Waals surface area contributed by atoms with Crippen molar-refractivity contribution in [3.8, 4) is 5.69 Å². The molecule has 170 valence electrons. The third-order valence-corrected chi connectivity index (χ3v) is 5.87. The molecule has 3 aromatic rings. The second-order valence-corrected chi connectivity index (χ2v) is 8.10. The molecule has 1 fully saturated rings. The zero-order chi connectivity index (χ0) is 24.1. The summed E-state index contributed by atoms with van der Waals surface area (Å²) in [6.45, 7) is 4.25. The van der Waals surface area contributed by atoms with Gasteiger partial charge >= 0.3 is 6.03 Å². The second-order valence-electron chi connectivity index (χ2n) is 8.10. The number of rotatable bonds is 5. The molecule has 1 aromatic heterocycles. The summed E-state index contributed by atoms with van der Waals surface area (Å²) < 4.78 is 42.4. The number of benzene rings is 2. The standard InChI is InChI=1S/C24H20F3N3O3/c1-13-9-18(14(2)30(13)17-6-4-5-16(25)11-17)21(31)12-29-22(32)24(3,28-23(29)33)15-7-8-19(26)20(27)10-15/h4-11H,12H2,1-3H3,(H,28,33). The van der Waals surface area contributed by atoms with Gasteiger partial charge < -0.3 is 9.88 Å². The number of hydrogen-bond donors (Lipinski definition) is 1. The van der Waals surface area contributed by atoms with Crippen LogP contribution in [0.4, 0.5) is 18.0 Å². The van der Waals surface area contributed by atoms with Crippen LogP contribution in [0.1, 0.15) is 34.2 Å². The minimum absolute atomic E-state index is 0.0546. The minimum atomic E-state index is -1.65. The highest BCUT2D eigenvalue weighted by Crippen LogP contribution is 2.30. The lowest BCUT2D eigenvalue weighted by atomic mass is 9.92. The van der Waals surface area contributed by atoms with Gasteiger partial charge in [-0.3, -0.25) is 14.5 Å². The quantitative estimate of drug-likeness (QED) is 0.464. The number of imide groups is 1. The first-order valence-corrected chi connectivity index (χ1v) is 10.1. The second kappa shape index (κ2) is 7.91. The molecule has 3 amide bonds. The van der Waals surface area contributed by atoms with Crippen LogP contribution in [0.3, 0.4) is 0 Å². The van der Waals surface area contributed by atoms with Crippen molar-refractivity contribution < 1.29 is 27.6 Å². The number of ketones is 1. The van der Waals surface area contributed by atoms with Crippen LogP contribution in [-0.4, -0.2) is 33.7 Å². The molecule has 1 aliphatic heterocycles. The normalized spacial score (nSPS) is 18.1. The Morgan fingerprint density at radius 3 is 2.39 bits per heavy atom. The van der Waals surface area contributed by atoms with Crippen molar-refractivity contribution in [2.75, 3.05) is 6.54 Å². The molecule has 1 saturated heterocycles. The molecule has 33 heavy (non-hydrogen) atoms. The van der Waals surface area contributed by atoms with Gasteiger partial charge in [-0.2, -0.15) is 0 Å². The monoisotopic (exact) mass is 455 g/mol. The van der Waals surface area contributed by atoms with Crippen LogP contribution in [0.5, 0.6) is 0 Å². The average Bonchev–Trinajstić information content (AvgIpc) is 3.17. The number of halogens is 3. The van der Waals surface area contributed by atoms with Gasteiger partial charge in [0, 0.05) is 22.6 Å². The lowest BCUT2D eigenvalue weighted by Crippen LogP contribution is -2.41. The summed E-state index contributed by atoms with van der Waals surface area (Å²) in [5.74, 6) is -3.92. The molecule has 9 heteroatoms. The lowest BCUT2D eigenvalue weighted by molar-refractivity contribution is -0.130. The number of carbonyl (C=O) groups excluding carboxylic acids is 3. The molecular weight excluding hydrogens is 435 g/mol. The van der Waals surface area contributed by atoms with Gasteiger partial charge in [0.05, 0.1) is 6.54 Å². The van der Waals surface area contributed by atoms with E-state index in [1.807, 2.05) is 0 Å². The first kappa shape index (κ1) is 22.3. The van der Waals surface area contributed by atoms with Gasteiger partial charge in [-0.25, -0.2) is 18.0 Å². The predicted molar refractivity (Wildman–Crippen MR) is 113 cm³/mol. The fraction of sp³-hybridized carbons (Fsp3) is 0.208. The van der Waals surface area contributed by atoms with Crippen molar-refractivity contribution in [2.24, 2.45) is 0 Å². The summed E-state index contributed by atoms with van der Waals surface area (Å²) in [6.07, 6.45) is 0.